The van der Waals surface area contributed by atoms with Crippen molar-refractivity contribution < 1.29 is 19.4 Å². The lowest BCUT2D eigenvalue weighted by Crippen LogP contribution is -2.63. The van der Waals surface area contributed by atoms with Gasteiger partial charge in [0.25, 0.3) is 0 Å². The van der Waals surface area contributed by atoms with Gasteiger partial charge in [0.15, 0.2) is 0 Å². The first kappa shape index (κ1) is 23.6. The largest absolute Gasteiger partial charge is 0.508 e. The Kier molecular flexibility index (Phi) is 6.43. The minimum atomic E-state index is -0.971. The van der Waals surface area contributed by atoms with E-state index in [-0.39, 0.29) is 29.9 Å². The zero-order valence-electron chi connectivity index (χ0n) is 19.7. The van der Waals surface area contributed by atoms with Gasteiger partial charge in [0.1, 0.15) is 5.76 Å². The summed E-state index contributed by atoms with van der Waals surface area (Å²) >= 11 is 6.10. The molecule has 5 rings (SSSR count). The number of likely N-dealkylation sites (tertiary alicyclic amines) is 1. The summed E-state index contributed by atoms with van der Waals surface area (Å²) in [6.07, 6.45) is 13.0. The minimum absolute atomic E-state index is 0.00682. The van der Waals surface area contributed by atoms with E-state index in [0.29, 0.717) is 37.6 Å². The number of aliphatic hydroxyl groups excluding tert-OH is 1. The first-order chi connectivity index (χ1) is 16.9. The molecule has 3 aliphatic carbocycles. The van der Waals surface area contributed by atoms with E-state index in [4.69, 9.17) is 16.3 Å². The van der Waals surface area contributed by atoms with Crippen molar-refractivity contribution in [2.45, 2.75) is 31.8 Å². The number of carbonyl (C=O) groups is 2. The number of aliphatic hydroxyl groups is 1. The number of methoxy groups -OCH3 is 1. The van der Waals surface area contributed by atoms with Gasteiger partial charge in [0, 0.05) is 37.6 Å². The molecule has 1 aromatic carbocycles. The molecule has 3 atom stereocenters. The first-order valence-electron chi connectivity index (χ1n) is 11.9. The number of benzene rings is 1. The Morgan fingerprint density at radius 1 is 1.31 bits per heavy atom. The third-order valence-electron chi connectivity index (χ3n) is 7.48. The Labute approximate surface area is 210 Å². The standard InChI is InChI=1S/C28H29ClN2O4/c1-35-14-13-30-27(34)28-12-11-25(33)31(17-18-5-8-21(29)9-6-18)26(28)24-16-22(32)10-7-19-3-2-4-20(28)15-23(19)24/h2-6,8-10,15-16,23,26,32H,7,11-14,17H2,1H3,(H,30,34). The number of hydrogen-bond donors (Lipinski definition) is 2. The number of ether oxygens (including phenoxy) is 1. The zero-order valence-corrected chi connectivity index (χ0v) is 20.4. The van der Waals surface area contributed by atoms with Crippen LogP contribution in [0.5, 0.6) is 0 Å². The van der Waals surface area contributed by atoms with Gasteiger partial charge < -0.3 is 20.1 Å². The lowest BCUT2D eigenvalue weighted by atomic mass is 9.58. The van der Waals surface area contributed by atoms with E-state index in [1.54, 1.807) is 19.3 Å². The van der Waals surface area contributed by atoms with E-state index in [9.17, 15) is 14.7 Å². The molecule has 1 fully saturated rings. The van der Waals surface area contributed by atoms with Crippen LogP contribution in [-0.4, -0.2) is 48.1 Å². The molecule has 1 heterocycles. The highest BCUT2D eigenvalue weighted by Crippen LogP contribution is 2.54. The van der Waals surface area contributed by atoms with Crippen molar-refractivity contribution in [1.29, 1.82) is 0 Å². The monoisotopic (exact) mass is 492 g/mol. The molecule has 3 unspecified atom stereocenters. The van der Waals surface area contributed by atoms with Crippen molar-refractivity contribution in [2.24, 2.45) is 11.3 Å². The topological polar surface area (TPSA) is 78.9 Å². The maximum atomic E-state index is 14.0. The van der Waals surface area contributed by atoms with E-state index in [1.165, 1.54) is 0 Å². The smallest absolute Gasteiger partial charge is 0.233 e. The summed E-state index contributed by atoms with van der Waals surface area (Å²) in [5.41, 5.74) is 2.88. The van der Waals surface area contributed by atoms with Crippen LogP contribution in [0.2, 0.25) is 5.02 Å². The van der Waals surface area contributed by atoms with Crippen LogP contribution in [0.25, 0.3) is 0 Å². The minimum Gasteiger partial charge on any atom is -0.508 e. The molecule has 6 nitrogen and oxygen atoms in total. The van der Waals surface area contributed by atoms with Gasteiger partial charge in [-0.25, -0.2) is 0 Å². The number of halogens is 1. The summed E-state index contributed by atoms with van der Waals surface area (Å²) in [7, 11) is 1.60. The van der Waals surface area contributed by atoms with Crippen molar-refractivity contribution in [3.05, 3.63) is 93.8 Å². The summed E-state index contributed by atoms with van der Waals surface area (Å²) in [6.45, 7) is 1.12. The number of nitrogens with one attached hydrogen (secondary N) is 1. The fourth-order valence-corrected chi connectivity index (χ4v) is 5.96. The number of piperidine rings is 1. The van der Waals surface area contributed by atoms with E-state index >= 15 is 0 Å². The average Bonchev–Trinajstić information content (AvgIpc) is 3.13. The third kappa shape index (κ3) is 4.15. The Hall–Kier alpha value is -3.09. The summed E-state index contributed by atoms with van der Waals surface area (Å²) in [5.74, 6) is -0.0652. The number of hydrogen-bond acceptors (Lipinski definition) is 4. The van der Waals surface area contributed by atoms with Crippen molar-refractivity contribution in [2.75, 3.05) is 20.3 Å². The van der Waals surface area contributed by atoms with Crippen LogP contribution in [-0.2, 0) is 20.9 Å². The van der Waals surface area contributed by atoms with Gasteiger partial charge in [0.2, 0.25) is 11.8 Å². The van der Waals surface area contributed by atoms with Crippen LogP contribution < -0.4 is 5.32 Å². The highest BCUT2D eigenvalue weighted by atomic mass is 35.5. The molecule has 2 amide bonds. The van der Waals surface area contributed by atoms with Crippen LogP contribution >= 0.6 is 11.6 Å². The normalized spacial score (nSPS) is 27.0. The summed E-state index contributed by atoms with van der Waals surface area (Å²) < 4.78 is 5.16. The molecule has 0 aromatic heterocycles. The summed E-state index contributed by atoms with van der Waals surface area (Å²) in [5, 5.41) is 14.4. The van der Waals surface area contributed by atoms with Crippen LogP contribution in [0.15, 0.2) is 83.2 Å². The second kappa shape index (κ2) is 9.51. The van der Waals surface area contributed by atoms with E-state index in [1.807, 2.05) is 41.3 Å². The Bertz CT molecular complexity index is 1190. The van der Waals surface area contributed by atoms with Crippen LogP contribution in [0.1, 0.15) is 24.8 Å². The van der Waals surface area contributed by atoms with Crippen molar-refractivity contribution >= 4 is 23.4 Å². The molecule has 2 bridgehead atoms. The molecule has 7 heteroatoms. The van der Waals surface area contributed by atoms with Gasteiger partial charge in [-0.2, -0.15) is 0 Å². The van der Waals surface area contributed by atoms with Crippen molar-refractivity contribution in [3.8, 4) is 0 Å². The maximum Gasteiger partial charge on any atom is 0.233 e. The van der Waals surface area contributed by atoms with E-state index in [0.717, 1.165) is 22.3 Å². The Morgan fingerprint density at radius 2 is 2.11 bits per heavy atom. The molecular formula is C28H29ClN2O4. The molecule has 182 valence electrons. The van der Waals surface area contributed by atoms with E-state index in [2.05, 4.69) is 17.5 Å². The fourth-order valence-electron chi connectivity index (χ4n) is 5.84. The molecule has 0 saturated carbocycles. The van der Waals surface area contributed by atoms with Gasteiger partial charge >= 0.3 is 0 Å². The summed E-state index contributed by atoms with van der Waals surface area (Å²) in [4.78, 5) is 29.3. The first-order valence-corrected chi connectivity index (χ1v) is 12.3. The highest BCUT2D eigenvalue weighted by Gasteiger charge is 2.58. The fraction of sp³-hybridized carbons (Fsp3) is 0.357. The SMILES string of the molecule is COCCNC(=O)C12CCC(=O)N(Cc3ccc(Cl)cc3)C1C1=CC(O)=CCC3=CC=CC2=CC31. The van der Waals surface area contributed by atoms with Crippen LogP contribution in [0.4, 0.5) is 0 Å². The molecule has 1 aromatic rings. The predicted octanol–water partition coefficient (Wildman–Crippen LogP) is 4.40. The number of allylic oxidation sites excluding steroid dienone is 7. The van der Waals surface area contributed by atoms with Gasteiger partial charge in [-0.3, -0.25) is 9.59 Å². The molecule has 1 saturated heterocycles. The van der Waals surface area contributed by atoms with E-state index < -0.39 is 11.5 Å². The van der Waals surface area contributed by atoms with Gasteiger partial charge in [-0.05, 0) is 53.8 Å². The average molecular weight is 493 g/mol. The van der Waals surface area contributed by atoms with Gasteiger partial charge in [-0.1, -0.05) is 53.6 Å². The third-order valence-corrected chi connectivity index (χ3v) is 7.73. The second-order valence-corrected chi connectivity index (χ2v) is 9.88. The van der Waals surface area contributed by atoms with Crippen LogP contribution in [0, 0.1) is 11.3 Å². The number of nitrogens with zero attached hydrogens (tertiary/aromatic N) is 1. The van der Waals surface area contributed by atoms with Crippen LogP contribution in [0.3, 0.4) is 0 Å². The Balaban J connectivity index is 1.67. The molecule has 0 spiro atoms. The lowest BCUT2D eigenvalue weighted by molar-refractivity contribution is -0.148. The predicted molar refractivity (Wildman–Crippen MR) is 135 cm³/mol. The van der Waals surface area contributed by atoms with Crippen molar-refractivity contribution in [3.63, 3.8) is 0 Å². The summed E-state index contributed by atoms with van der Waals surface area (Å²) in [6, 6.07) is 6.89. The molecule has 1 aliphatic heterocycles. The number of amides is 2. The molecule has 4 aliphatic rings. The van der Waals surface area contributed by atoms with Gasteiger partial charge in [0.05, 0.1) is 18.1 Å². The molecule has 0 radical (unpaired) electrons. The molecular weight excluding hydrogens is 464 g/mol. The van der Waals surface area contributed by atoms with Gasteiger partial charge in [-0.15, -0.1) is 0 Å². The highest BCUT2D eigenvalue weighted by molar-refractivity contribution is 6.30. The van der Waals surface area contributed by atoms with Crippen molar-refractivity contribution in [1.82, 2.24) is 10.2 Å². The molecule has 35 heavy (non-hydrogen) atoms. The maximum absolute atomic E-state index is 14.0. The molecule has 2 N–H and O–H groups in total. The number of carbonyl (C=O) groups excluding carboxylic acids is 2. The zero-order chi connectivity index (χ0) is 24.6. The lowest BCUT2D eigenvalue weighted by Gasteiger charge is -2.53. The number of fused-ring (bicyclic) bond motifs is 3. The Morgan fingerprint density at radius 3 is 2.89 bits per heavy atom. The number of rotatable bonds is 6. The quantitative estimate of drug-likeness (QED) is 0.577. The second-order valence-electron chi connectivity index (χ2n) is 9.45.